The van der Waals surface area contributed by atoms with Crippen LogP contribution in [0.15, 0.2) is 155 Å². The zero-order valence-electron chi connectivity index (χ0n) is 31.6. The Morgan fingerprint density at radius 3 is 1.12 bits per heavy atom. The summed E-state index contributed by atoms with van der Waals surface area (Å²) >= 11 is 0. The first-order chi connectivity index (χ1) is 28.6. The molecule has 0 unspecified atom stereocenters. The van der Waals surface area contributed by atoms with Gasteiger partial charge in [-0.15, -0.1) is 0 Å². The van der Waals surface area contributed by atoms with Gasteiger partial charge in [-0.05, 0) is 109 Å². The van der Waals surface area contributed by atoms with Gasteiger partial charge in [-0.1, -0.05) is 36.4 Å². The maximum Gasteiger partial charge on any atom is 0.335 e. The molecule has 0 aliphatic carbocycles. The van der Waals surface area contributed by atoms with Gasteiger partial charge in [0.1, 0.15) is 21.3 Å². The lowest BCUT2D eigenvalue weighted by molar-refractivity contribution is 0.0686. The van der Waals surface area contributed by atoms with Gasteiger partial charge in [0.25, 0.3) is 31.9 Å². The van der Waals surface area contributed by atoms with E-state index in [1.807, 2.05) is 0 Å². The van der Waals surface area contributed by atoms with Crippen LogP contribution in [-0.2, 0) is 20.0 Å². The minimum atomic E-state index is -3.93. The van der Waals surface area contributed by atoms with Crippen molar-refractivity contribution < 1.29 is 55.7 Å². The highest BCUT2D eigenvalue weighted by molar-refractivity contribution is 7.93. The number of carboxylic acid groups (broad SMARTS) is 2. The first kappa shape index (κ1) is 43.4. The number of benzene rings is 6. The first-order valence-electron chi connectivity index (χ1n) is 17.4. The molecule has 2 amide bonds. The molecule has 308 valence electrons. The predicted octanol–water partition coefficient (Wildman–Crippen LogP) is 6.89. The molecule has 0 atom stereocenters. The van der Waals surface area contributed by atoms with Gasteiger partial charge in [0.2, 0.25) is 0 Å². The van der Waals surface area contributed by atoms with Gasteiger partial charge < -0.3 is 30.3 Å². The van der Waals surface area contributed by atoms with Gasteiger partial charge in [-0.3, -0.25) is 19.0 Å². The van der Waals surface area contributed by atoms with Crippen molar-refractivity contribution in [3.63, 3.8) is 0 Å². The van der Waals surface area contributed by atoms with E-state index >= 15 is 0 Å². The fourth-order valence-corrected chi connectivity index (χ4v) is 7.79. The second-order valence-corrected chi connectivity index (χ2v) is 15.6. The van der Waals surface area contributed by atoms with Crippen molar-refractivity contribution in [1.29, 1.82) is 0 Å². The third-order valence-corrected chi connectivity index (χ3v) is 11.1. The lowest BCUT2D eigenvalue weighted by Crippen LogP contribution is -2.16. The Balaban J connectivity index is 0.000000228. The summed E-state index contributed by atoms with van der Waals surface area (Å²) < 4.78 is 65.9. The smallest absolute Gasteiger partial charge is 0.335 e. The second-order valence-electron chi connectivity index (χ2n) is 12.3. The molecule has 0 fully saturated rings. The van der Waals surface area contributed by atoms with Crippen LogP contribution in [0.25, 0.3) is 0 Å². The fourth-order valence-electron chi connectivity index (χ4n) is 5.35. The van der Waals surface area contributed by atoms with E-state index in [1.54, 1.807) is 36.4 Å². The van der Waals surface area contributed by atoms with Crippen LogP contribution in [0.2, 0.25) is 0 Å². The number of para-hydroxylation sites is 2. The maximum atomic E-state index is 12.7. The highest BCUT2D eigenvalue weighted by Crippen LogP contribution is 2.27. The van der Waals surface area contributed by atoms with Crippen LogP contribution in [0.3, 0.4) is 0 Å². The Morgan fingerprint density at radius 1 is 0.433 bits per heavy atom. The van der Waals surface area contributed by atoms with E-state index in [1.165, 1.54) is 123 Å². The number of nitrogens with one attached hydrogen (secondary N) is 4. The Hall–Kier alpha value is -7.70. The highest BCUT2D eigenvalue weighted by Gasteiger charge is 2.21. The Kier molecular flexibility index (Phi) is 13.9. The van der Waals surface area contributed by atoms with Crippen molar-refractivity contribution in [1.82, 2.24) is 0 Å². The molecule has 0 radical (unpaired) electrons. The monoisotopic (exact) mass is 852 g/mol. The predicted molar refractivity (Wildman–Crippen MR) is 223 cm³/mol. The van der Waals surface area contributed by atoms with E-state index < -0.39 is 43.8 Å². The van der Waals surface area contributed by atoms with Crippen LogP contribution in [0.5, 0.6) is 11.5 Å². The molecule has 18 heteroatoms. The molecule has 0 saturated carbocycles. The summed E-state index contributed by atoms with van der Waals surface area (Å²) in [7, 11) is -5.11. The first-order valence-corrected chi connectivity index (χ1v) is 20.4. The van der Waals surface area contributed by atoms with Gasteiger partial charge in [-0.25, -0.2) is 26.4 Å². The number of aromatic carboxylic acids is 2. The Bertz CT molecular complexity index is 2570. The quantitative estimate of drug-likeness (QED) is 0.0656. The number of ether oxygens (including phenoxy) is 2. The third kappa shape index (κ3) is 11.2. The number of amides is 2. The van der Waals surface area contributed by atoms with Crippen molar-refractivity contribution in [2.75, 3.05) is 34.3 Å². The largest absolute Gasteiger partial charge is 0.495 e. The normalized spacial score (nSPS) is 10.8. The third-order valence-electron chi connectivity index (χ3n) is 8.25. The molecule has 0 spiro atoms. The molecule has 60 heavy (non-hydrogen) atoms. The number of methoxy groups -OCH3 is 2. The topological polar surface area (TPSA) is 244 Å². The van der Waals surface area contributed by atoms with Crippen LogP contribution in [0.4, 0.5) is 22.7 Å². The molecule has 16 nitrogen and oxygen atoms in total. The zero-order valence-corrected chi connectivity index (χ0v) is 33.3. The molecular weight excluding hydrogens is 817 g/mol. The summed E-state index contributed by atoms with van der Waals surface area (Å²) in [5, 5.41) is 23.1. The summed E-state index contributed by atoms with van der Waals surface area (Å²) in [5.74, 6) is -2.69. The van der Waals surface area contributed by atoms with Crippen LogP contribution in [0, 0.1) is 0 Å². The van der Waals surface area contributed by atoms with Gasteiger partial charge in [0, 0.05) is 33.9 Å². The van der Waals surface area contributed by atoms with Crippen LogP contribution in [0.1, 0.15) is 41.4 Å². The molecule has 0 aromatic heterocycles. The van der Waals surface area contributed by atoms with E-state index in [-0.39, 0.29) is 54.9 Å². The minimum absolute atomic E-state index is 0.0270. The number of carbonyl (C=O) groups is 4. The van der Waals surface area contributed by atoms with Gasteiger partial charge >= 0.3 is 11.9 Å². The van der Waals surface area contributed by atoms with Crippen molar-refractivity contribution in [2.45, 2.75) is 9.79 Å². The number of rotatable bonds is 14. The molecule has 6 aromatic rings. The zero-order chi connectivity index (χ0) is 43.5. The maximum absolute atomic E-state index is 12.7. The molecule has 0 aliphatic rings. The molecule has 0 saturated heterocycles. The fraction of sp³-hybridized carbons (Fsp3) is 0.0476. The Morgan fingerprint density at radius 2 is 0.783 bits per heavy atom. The number of anilines is 4. The van der Waals surface area contributed by atoms with E-state index in [2.05, 4.69) is 20.1 Å². The van der Waals surface area contributed by atoms with Crippen LogP contribution in [-0.4, -0.2) is 65.0 Å². The SMILES string of the molecule is COc1ccccc1S(=O)(=O)Nc1cccc(C(=O)Nc2ccc(C(=O)O)cc2)c1.COc1ccccc1S(=O)(=O)Nc1cccc(C(=O)Nc2ccc(C(=O)O)cc2)c1. The molecule has 6 N–H and O–H groups in total. The number of hydrogen-bond acceptors (Lipinski definition) is 10. The van der Waals surface area contributed by atoms with E-state index in [0.717, 1.165) is 0 Å². The van der Waals surface area contributed by atoms with Crippen molar-refractivity contribution in [3.05, 3.63) is 168 Å². The number of carbonyl (C=O) groups excluding carboxylic acids is 2. The molecular formula is C42H36N4O12S2. The lowest BCUT2D eigenvalue weighted by atomic mass is 10.1. The average Bonchev–Trinajstić information content (AvgIpc) is 3.24. The number of hydrogen-bond donors (Lipinski definition) is 6. The molecule has 6 rings (SSSR count). The number of carboxylic acids is 2. The van der Waals surface area contributed by atoms with Crippen molar-refractivity contribution >= 4 is 66.5 Å². The standard InChI is InChI=1S/2C21H18N2O6S/c2*1-29-18-7-2-3-8-19(18)30(27,28)23-17-6-4-5-15(13-17)20(24)22-16-11-9-14(10-12-16)21(25)26/h2*2-13,23H,1H3,(H,22,24)(H,25,26). The summed E-state index contributed by atoms with van der Waals surface area (Å²) in [4.78, 5) is 46.7. The molecule has 0 heterocycles. The highest BCUT2D eigenvalue weighted by atomic mass is 32.2. The summed E-state index contributed by atoms with van der Waals surface area (Å²) in [6.45, 7) is 0. The van der Waals surface area contributed by atoms with E-state index in [4.69, 9.17) is 19.7 Å². The molecule has 0 aliphatic heterocycles. The van der Waals surface area contributed by atoms with Crippen molar-refractivity contribution in [3.8, 4) is 11.5 Å². The van der Waals surface area contributed by atoms with E-state index in [9.17, 15) is 36.0 Å². The summed E-state index contributed by atoms with van der Waals surface area (Å²) in [5.41, 5.74) is 1.86. The van der Waals surface area contributed by atoms with Crippen molar-refractivity contribution in [2.24, 2.45) is 0 Å². The lowest BCUT2D eigenvalue weighted by Gasteiger charge is -2.12. The molecule has 0 bridgehead atoms. The van der Waals surface area contributed by atoms with Gasteiger partial charge in [0.15, 0.2) is 0 Å². The summed E-state index contributed by atoms with van der Waals surface area (Å²) in [6, 6.07) is 35.7. The van der Waals surface area contributed by atoms with Crippen LogP contribution >= 0.6 is 0 Å². The van der Waals surface area contributed by atoms with Gasteiger partial charge in [0.05, 0.1) is 25.3 Å². The summed E-state index contributed by atoms with van der Waals surface area (Å²) in [6.07, 6.45) is 0. The minimum Gasteiger partial charge on any atom is -0.495 e. The Labute approximate surface area is 344 Å². The second kappa shape index (κ2) is 19.2. The number of sulfonamides is 2. The average molecular weight is 853 g/mol. The van der Waals surface area contributed by atoms with Crippen LogP contribution < -0.4 is 29.6 Å². The van der Waals surface area contributed by atoms with Gasteiger partial charge in [-0.2, -0.15) is 0 Å². The molecule has 6 aromatic carbocycles. The van der Waals surface area contributed by atoms with E-state index in [0.29, 0.717) is 11.4 Å².